The molecule has 3 aromatic rings. The summed E-state index contributed by atoms with van der Waals surface area (Å²) in [5, 5.41) is 3.17. The normalized spacial score (nSPS) is 12.2. The number of anilines is 1. The van der Waals surface area contributed by atoms with Crippen LogP contribution in [-0.2, 0) is 17.4 Å². The number of likely N-dealkylation sites (N-methyl/N-ethyl adjacent to an activating group) is 1. The highest BCUT2D eigenvalue weighted by Crippen LogP contribution is 2.32. The molecule has 1 heterocycles. The molecule has 5 nitrogen and oxygen atoms in total. The molecule has 0 aliphatic heterocycles. The van der Waals surface area contributed by atoms with E-state index in [9.17, 15) is 22.4 Å². The van der Waals surface area contributed by atoms with Gasteiger partial charge in [0, 0.05) is 36.6 Å². The number of pyridine rings is 1. The van der Waals surface area contributed by atoms with Gasteiger partial charge in [-0.1, -0.05) is 29.8 Å². The summed E-state index contributed by atoms with van der Waals surface area (Å²) >= 11 is 6.03. The second kappa shape index (κ2) is 11.4. The van der Waals surface area contributed by atoms with Crippen molar-refractivity contribution >= 4 is 23.2 Å². The molecule has 186 valence electrons. The maximum Gasteiger partial charge on any atom is 0.433 e. The first-order chi connectivity index (χ1) is 16.6. The van der Waals surface area contributed by atoms with Crippen molar-refractivity contribution in [1.82, 2.24) is 10.3 Å². The summed E-state index contributed by atoms with van der Waals surface area (Å²) in [6.07, 6.45) is -2.41. The molecule has 1 atom stereocenters. The lowest BCUT2D eigenvalue weighted by atomic mass is 10.0. The fourth-order valence-corrected chi connectivity index (χ4v) is 3.81. The van der Waals surface area contributed by atoms with Crippen LogP contribution in [0, 0.1) is 5.82 Å². The largest absolute Gasteiger partial charge is 0.494 e. The third kappa shape index (κ3) is 6.63. The van der Waals surface area contributed by atoms with Gasteiger partial charge in [0.1, 0.15) is 11.7 Å². The van der Waals surface area contributed by atoms with E-state index < -0.39 is 23.7 Å². The number of methoxy groups -OCH3 is 1. The van der Waals surface area contributed by atoms with Crippen molar-refractivity contribution in [3.8, 4) is 5.75 Å². The molecule has 0 saturated heterocycles. The van der Waals surface area contributed by atoms with Gasteiger partial charge in [-0.2, -0.15) is 13.2 Å². The number of nitrogens with one attached hydrogen (secondary N) is 1. The molecule has 2 aromatic carbocycles. The zero-order chi connectivity index (χ0) is 25.6. The molecule has 10 heteroatoms. The number of aromatic nitrogens is 1. The van der Waals surface area contributed by atoms with Crippen LogP contribution in [0.4, 0.5) is 23.2 Å². The zero-order valence-corrected chi connectivity index (χ0v) is 19.8. The summed E-state index contributed by atoms with van der Waals surface area (Å²) in [7, 11) is 2.86. The molecule has 3 rings (SSSR count). The Morgan fingerprint density at radius 2 is 1.86 bits per heavy atom. The molecule has 0 fully saturated rings. The van der Waals surface area contributed by atoms with Crippen LogP contribution in [0.25, 0.3) is 0 Å². The van der Waals surface area contributed by atoms with E-state index in [1.54, 1.807) is 35.2 Å². The van der Waals surface area contributed by atoms with Crippen LogP contribution in [0.1, 0.15) is 29.3 Å². The number of benzene rings is 2. The third-order valence-electron chi connectivity index (χ3n) is 5.44. The minimum absolute atomic E-state index is 0.0196. The smallest absolute Gasteiger partial charge is 0.433 e. The number of carbonyl (C=O) groups excluding carboxylic acids is 1. The van der Waals surface area contributed by atoms with E-state index in [-0.39, 0.29) is 11.7 Å². The lowest BCUT2D eigenvalue weighted by Gasteiger charge is -2.33. The molecule has 0 aliphatic rings. The topological polar surface area (TPSA) is 54.5 Å². The quantitative estimate of drug-likeness (QED) is 0.369. The fourth-order valence-electron chi connectivity index (χ4n) is 3.68. The van der Waals surface area contributed by atoms with E-state index >= 15 is 0 Å². The highest BCUT2D eigenvalue weighted by molar-refractivity contribution is 6.30. The van der Waals surface area contributed by atoms with Gasteiger partial charge in [0.05, 0.1) is 7.11 Å². The first-order valence-electron chi connectivity index (χ1n) is 10.7. The molecule has 0 radical (unpaired) electrons. The second-order valence-corrected chi connectivity index (χ2v) is 8.17. The highest BCUT2D eigenvalue weighted by Gasteiger charge is 2.32. The molecule has 0 bridgehead atoms. The van der Waals surface area contributed by atoms with Crippen molar-refractivity contribution in [3.05, 3.63) is 88.5 Å². The van der Waals surface area contributed by atoms with Crippen LogP contribution in [-0.4, -0.2) is 31.6 Å². The highest BCUT2D eigenvalue weighted by atomic mass is 35.5. The Labute approximate surface area is 205 Å². The van der Waals surface area contributed by atoms with E-state index in [0.717, 1.165) is 6.07 Å². The van der Waals surface area contributed by atoms with Gasteiger partial charge in [0.2, 0.25) is 5.91 Å². The molecule has 0 aliphatic carbocycles. The summed E-state index contributed by atoms with van der Waals surface area (Å²) in [4.78, 5) is 18.3. The average Bonchev–Trinajstić information content (AvgIpc) is 2.84. The number of nitrogens with zero attached hydrogens (tertiary/aromatic N) is 2. The number of rotatable bonds is 9. The second-order valence-electron chi connectivity index (χ2n) is 7.73. The molecular weight excluding hydrogens is 486 g/mol. The summed E-state index contributed by atoms with van der Waals surface area (Å²) in [5.41, 5.74) is 0.868. The Hall–Kier alpha value is -3.33. The summed E-state index contributed by atoms with van der Waals surface area (Å²) in [6.45, 7) is 0.330. The number of amides is 1. The van der Waals surface area contributed by atoms with Gasteiger partial charge in [0.25, 0.3) is 0 Å². The van der Waals surface area contributed by atoms with Crippen molar-refractivity contribution in [1.29, 1.82) is 0 Å². The number of hydrogen-bond acceptors (Lipinski definition) is 4. The molecule has 35 heavy (non-hydrogen) atoms. The van der Waals surface area contributed by atoms with Gasteiger partial charge in [0.15, 0.2) is 11.6 Å². The third-order valence-corrected chi connectivity index (χ3v) is 5.69. The molecular formula is C25H24ClF4N3O2. The lowest BCUT2D eigenvalue weighted by molar-refractivity contribution is -0.141. The molecule has 1 amide bonds. The monoisotopic (exact) mass is 509 g/mol. The Morgan fingerprint density at radius 3 is 2.43 bits per heavy atom. The van der Waals surface area contributed by atoms with Crippen molar-refractivity contribution in [2.24, 2.45) is 0 Å². The predicted octanol–water partition coefficient (Wildman–Crippen LogP) is 5.83. The standard InChI is InChI=1S/C25H24ClF4N3O2/c1-31-24(34)23(17-6-8-18(26)9-7-17)33(19-10-11-20(27)21(14-19)35-2)13-3-4-16-5-12-22(32-15-16)25(28,29)30/h5-12,14-15,23H,3-4,13H2,1-2H3,(H,31,34)/t23-/m0/s1. The fraction of sp³-hybridized carbons (Fsp3) is 0.280. The SMILES string of the molecule is CNC(=O)[C@H](c1ccc(Cl)cc1)N(CCCc1ccc(C(F)(F)F)nc1)c1ccc(F)c(OC)c1. The van der Waals surface area contributed by atoms with Crippen molar-refractivity contribution in [2.75, 3.05) is 25.6 Å². The Bertz CT molecular complexity index is 1140. The number of halogens is 5. The average molecular weight is 510 g/mol. The maximum absolute atomic E-state index is 14.1. The maximum atomic E-state index is 14.1. The first-order valence-corrected chi connectivity index (χ1v) is 11.1. The number of ether oxygens (including phenoxy) is 1. The molecule has 0 saturated carbocycles. The van der Waals surface area contributed by atoms with Crippen molar-refractivity contribution in [3.63, 3.8) is 0 Å². The Kier molecular flexibility index (Phi) is 8.56. The first kappa shape index (κ1) is 26.3. The van der Waals surface area contributed by atoms with Crippen LogP contribution < -0.4 is 15.0 Å². The molecule has 1 aromatic heterocycles. The van der Waals surface area contributed by atoms with Crippen LogP contribution in [0.5, 0.6) is 5.75 Å². The zero-order valence-electron chi connectivity index (χ0n) is 19.1. The van der Waals surface area contributed by atoms with Crippen molar-refractivity contribution < 1.29 is 27.1 Å². The minimum atomic E-state index is -4.50. The van der Waals surface area contributed by atoms with E-state index in [2.05, 4.69) is 10.3 Å². The van der Waals surface area contributed by atoms with Crippen LogP contribution in [0.2, 0.25) is 5.02 Å². The summed E-state index contributed by atoms with van der Waals surface area (Å²) in [5.74, 6) is -0.826. The Morgan fingerprint density at radius 1 is 1.14 bits per heavy atom. The Balaban J connectivity index is 1.91. The van der Waals surface area contributed by atoms with Gasteiger partial charge in [-0.25, -0.2) is 4.39 Å². The molecule has 0 unspecified atom stereocenters. The van der Waals surface area contributed by atoms with Gasteiger partial charge in [-0.3, -0.25) is 9.78 Å². The minimum Gasteiger partial charge on any atom is -0.494 e. The van der Waals surface area contributed by atoms with E-state index in [4.69, 9.17) is 16.3 Å². The van der Waals surface area contributed by atoms with E-state index in [1.165, 1.54) is 38.6 Å². The summed E-state index contributed by atoms with van der Waals surface area (Å²) in [6, 6.07) is 12.7. The lowest BCUT2D eigenvalue weighted by Crippen LogP contribution is -2.40. The van der Waals surface area contributed by atoms with Gasteiger partial charge < -0.3 is 15.0 Å². The van der Waals surface area contributed by atoms with Gasteiger partial charge in [-0.15, -0.1) is 0 Å². The molecule has 1 N–H and O–H groups in total. The van der Waals surface area contributed by atoms with Crippen LogP contribution in [0.15, 0.2) is 60.8 Å². The number of hydrogen-bond donors (Lipinski definition) is 1. The predicted molar refractivity (Wildman–Crippen MR) is 126 cm³/mol. The van der Waals surface area contributed by atoms with Crippen LogP contribution in [0.3, 0.4) is 0 Å². The number of carbonyl (C=O) groups is 1. The van der Waals surface area contributed by atoms with Gasteiger partial charge >= 0.3 is 6.18 Å². The number of aryl methyl sites for hydroxylation is 1. The van der Waals surface area contributed by atoms with Gasteiger partial charge in [-0.05, 0) is 54.3 Å². The van der Waals surface area contributed by atoms with E-state index in [1.807, 2.05) is 0 Å². The van der Waals surface area contributed by atoms with E-state index in [0.29, 0.717) is 41.2 Å². The van der Waals surface area contributed by atoms with Crippen molar-refractivity contribution in [2.45, 2.75) is 25.1 Å². The number of alkyl halides is 3. The molecule has 0 spiro atoms. The summed E-state index contributed by atoms with van der Waals surface area (Å²) < 4.78 is 57.6. The van der Waals surface area contributed by atoms with Crippen LogP contribution >= 0.6 is 11.6 Å².